The summed E-state index contributed by atoms with van der Waals surface area (Å²) in [5.41, 5.74) is 2.31. The quantitative estimate of drug-likeness (QED) is 0.541. The van der Waals surface area contributed by atoms with Crippen LogP contribution < -0.4 is 10.6 Å². The van der Waals surface area contributed by atoms with E-state index in [2.05, 4.69) is 15.6 Å². The van der Waals surface area contributed by atoms with Gasteiger partial charge in [0.15, 0.2) is 0 Å². The summed E-state index contributed by atoms with van der Waals surface area (Å²) in [5.74, 6) is 0.731. The molecule has 3 aromatic rings. The number of nitrogens with zero attached hydrogens (tertiary/aromatic N) is 2. The summed E-state index contributed by atoms with van der Waals surface area (Å²) in [6, 6.07) is 18.8. The first-order chi connectivity index (χ1) is 15.7. The molecule has 1 aromatic heterocycles. The number of hydrogen-bond acceptors (Lipinski definition) is 4. The summed E-state index contributed by atoms with van der Waals surface area (Å²) >= 11 is 0. The van der Waals surface area contributed by atoms with Gasteiger partial charge in [0.05, 0.1) is 12.3 Å². The highest BCUT2D eigenvalue weighted by Crippen LogP contribution is 2.19. The molecule has 1 aliphatic rings. The molecule has 2 amide bonds. The zero-order chi connectivity index (χ0) is 22.2. The van der Waals surface area contributed by atoms with Crippen molar-refractivity contribution in [2.75, 3.05) is 25.1 Å². The first-order valence-electron chi connectivity index (χ1n) is 11.0. The molecule has 32 heavy (non-hydrogen) atoms. The maximum Gasteiger partial charge on any atom is 0.257 e. The number of hydrogen-bond donors (Lipinski definition) is 2. The lowest BCUT2D eigenvalue weighted by Crippen LogP contribution is -2.29. The second-order valence-electron chi connectivity index (χ2n) is 7.97. The van der Waals surface area contributed by atoms with Crippen LogP contribution in [0.4, 0.5) is 5.95 Å². The highest BCUT2D eigenvalue weighted by atomic mass is 16.5. The molecule has 0 aliphatic carbocycles. The molecule has 7 heteroatoms. The summed E-state index contributed by atoms with van der Waals surface area (Å²) in [6.45, 7) is 2.19. The van der Waals surface area contributed by atoms with Gasteiger partial charge in [0, 0.05) is 42.9 Å². The van der Waals surface area contributed by atoms with Gasteiger partial charge in [-0.1, -0.05) is 36.4 Å². The minimum atomic E-state index is -0.213. The van der Waals surface area contributed by atoms with Gasteiger partial charge in [0.1, 0.15) is 0 Å². The van der Waals surface area contributed by atoms with E-state index in [-0.39, 0.29) is 11.8 Å². The van der Waals surface area contributed by atoms with Crippen molar-refractivity contribution in [1.82, 2.24) is 14.9 Å². The number of aromatic nitrogens is 2. The predicted molar refractivity (Wildman–Crippen MR) is 123 cm³/mol. The van der Waals surface area contributed by atoms with E-state index in [1.807, 2.05) is 59.3 Å². The number of amides is 2. The molecule has 0 spiro atoms. The van der Waals surface area contributed by atoms with Crippen LogP contribution in [-0.2, 0) is 16.0 Å². The smallest absolute Gasteiger partial charge is 0.257 e. The van der Waals surface area contributed by atoms with Gasteiger partial charge in [-0.2, -0.15) is 0 Å². The lowest BCUT2D eigenvalue weighted by atomic mass is 10.1. The van der Waals surface area contributed by atoms with Crippen molar-refractivity contribution in [2.45, 2.75) is 25.7 Å². The largest absolute Gasteiger partial charge is 0.381 e. The van der Waals surface area contributed by atoms with Crippen molar-refractivity contribution in [1.29, 1.82) is 0 Å². The third-order valence-electron chi connectivity index (χ3n) is 5.50. The van der Waals surface area contributed by atoms with E-state index in [0.717, 1.165) is 31.0 Å². The zero-order valence-corrected chi connectivity index (χ0v) is 18.0. The number of carbonyl (C=O) groups is 2. The van der Waals surface area contributed by atoms with E-state index in [9.17, 15) is 9.59 Å². The minimum absolute atomic E-state index is 0.0528. The lowest BCUT2D eigenvalue weighted by molar-refractivity contribution is -0.121. The zero-order valence-electron chi connectivity index (χ0n) is 18.0. The SMILES string of the molecule is O=C(CCCc1cn(-c2ccccc2)c(NC(=O)c2ccccc2)n1)NCC1CCOC1. The van der Waals surface area contributed by atoms with Crippen LogP contribution in [0.5, 0.6) is 0 Å². The topological polar surface area (TPSA) is 85.2 Å². The van der Waals surface area contributed by atoms with Gasteiger partial charge in [-0.25, -0.2) is 4.98 Å². The number of para-hydroxylation sites is 1. The van der Waals surface area contributed by atoms with Gasteiger partial charge in [-0.15, -0.1) is 0 Å². The highest BCUT2D eigenvalue weighted by molar-refractivity contribution is 6.03. The molecular weight excluding hydrogens is 404 g/mol. The van der Waals surface area contributed by atoms with Gasteiger partial charge in [0.25, 0.3) is 5.91 Å². The van der Waals surface area contributed by atoms with Crippen LogP contribution in [0.1, 0.15) is 35.3 Å². The minimum Gasteiger partial charge on any atom is -0.381 e. The maximum absolute atomic E-state index is 12.7. The van der Waals surface area contributed by atoms with Crippen LogP contribution in [0.15, 0.2) is 66.9 Å². The molecule has 2 heterocycles. The molecule has 2 aromatic carbocycles. The van der Waals surface area contributed by atoms with Crippen molar-refractivity contribution in [3.63, 3.8) is 0 Å². The Bertz CT molecular complexity index is 1030. The molecule has 2 N–H and O–H groups in total. The first kappa shape index (κ1) is 21.8. The number of nitrogens with one attached hydrogen (secondary N) is 2. The average Bonchev–Trinajstić information content (AvgIpc) is 3.49. The van der Waals surface area contributed by atoms with Crippen molar-refractivity contribution < 1.29 is 14.3 Å². The third kappa shape index (κ3) is 5.82. The lowest BCUT2D eigenvalue weighted by Gasteiger charge is -2.09. The van der Waals surface area contributed by atoms with Crippen molar-refractivity contribution in [3.05, 3.63) is 78.1 Å². The van der Waals surface area contributed by atoms with Crippen molar-refractivity contribution in [3.8, 4) is 5.69 Å². The summed E-state index contributed by atoms with van der Waals surface area (Å²) < 4.78 is 7.21. The molecule has 1 fully saturated rings. The Morgan fingerprint density at radius 1 is 1.06 bits per heavy atom. The van der Waals surface area contributed by atoms with Crippen LogP contribution in [0, 0.1) is 5.92 Å². The van der Waals surface area contributed by atoms with Crippen LogP contribution >= 0.6 is 0 Å². The van der Waals surface area contributed by atoms with E-state index in [0.29, 0.717) is 43.2 Å². The molecule has 1 unspecified atom stereocenters. The fraction of sp³-hybridized carbons (Fsp3) is 0.320. The molecule has 166 valence electrons. The summed E-state index contributed by atoms with van der Waals surface area (Å²) in [4.78, 5) is 29.5. The Labute approximate surface area is 187 Å². The Morgan fingerprint density at radius 2 is 1.81 bits per heavy atom. The van der Waals surface area contributed by atoms with Gasteiger partial charge < -0.3 is 10.1 Å². The predicted octanol–water partition coefficient (Wildman–Crippen LogP) is 3.60. The van der Waals surface area contributed by atoms with E-state index in [1.165, 1.54) is 0 Å². The molecule has 4 rings (SSSR count). The summed E-state index contributed by atoms with van der Waals surface area (Å²) in [7, 11) is 0. The molecule has 0 radical (unpaired) electrons. The second kappa shape index (κ2) is 10.7. The molecule has 0 saturated carbocycles. The second-order valence-corrected chi connectivity index (χ2v) is 7.97. The Kier molecular flexibility index (Phi) is 7.30. The van der Waals surface area contributed by atoms with E-state index in [1.54, 1.807) is 12.1 Å². The van der Waals surface area contributed by atoms with E-state index < -0.39 is 0 Å². The van der Waals surface area contributed by atoms with Crippen LogP contribution in [0.2, 0.25) is 0 Å². The average molecular weight is 433 g/mol. The first-order valence-corrected chi connectivity index (χ1v) is 11.0. The van der Waals surface area contributed by atoms with Crippen LogP contribution in [0.3, 0.4) is 0 Å². The molecule has 0 bridgehead atoms. The number of benzene rings is 2. The standard InChI is InChI=1S/C25H28N4O3/c30-23(26-16-19-14-15-32-18-19)13-7-10-21-17-29(22-11-5-2-6-12-22)25(27-21)28-24(31)20-8-3-1-4-9-20/h1-6,8-9,11-12,17,19H,7,10,13-16,18H2,(H,26,30)(H,27,28,31). The van der Waals surface area contributed by atoms with Gasteiger partial charge in [0.2, 0.25) is 11.9 Å². The van der Waals surface area contributed by atoms with Gasteiger partial charge in [-0.3, -0.25) is 19.5 Å². The number of rotatable bonds is 9. The Hall–Kier alpha value is -3.45. The Balaban J connectivity index is 1.39. The fourth-order valence-electron chi connectivity index (χ4n) is 3.71. The van der Waals surface area contributed by atoms with Gasteiger partial charge in [-0.05, 0) is 43.5 Å². The summed E-state index contributed by atoms with van der Waals surface area (Å²) in [5, 5.41) is 5.91. The van der Waals surface area contributed by atoms with Crippen molar-refractivity contribution in [2.24, 2.45) is 5.92 Å². The third-order valence-corrected chi connectivity index (χ3v) is 5.50. The Morgan fingerprint density at radius 3 is 2.53 bits per heavy atom. The molecular formula is C25H28N4O3. The van der Waals surface area contributed by atoms with E-state index >= 15 is 0 Å². The van der Waals surface area contributed by atoms with Crippen LogP contribution in [-0.4, -0.2) is 41.1 Å². The number of carbonyl (C=O) groups excluding carboxylic acids is 2. The monoisotopic (exact) mass is 432 g/mol. The molecule has 1 saturated heterocycles. The van der Waals surface area contributed by atoms with Crippen molar-refractivity contribution >= 4 is 17.8 Å². The normalized spacial score (nSPS) is 15.4. The highest BCUT2D eigenvalue weighted by Gasteiger charge is 2.17. The number of ether oxygens (including phenoxy) is 1. The molecule has 7 nitrogen and oxygen atoms in total. The number of imidazole rings is 1. The van der Waals surface area contributed by atoms with Crippen LogP contribution in [0.25, 0.3) is 5.69 Å². The summed E-state index contributed by atoms with van der Waals surface area (Å²) in [6.07, 6.45) is 4.70. The molecule has 1 aliphatic heterocycles. The number of anilines is 1. The fourth-order valence-corrected chi connectivity index (χ4v) is 3.71. The maximum atomic E-state index is 12.7. The van der Waals surface area contributed by atoms with E-state index in [4.69, 9.17) is 4.74 Å². The molecule has 1 atom stereocenters. The number of aryl methyl sites for hydroxylation is 1. The van der Waals surface area contributed by atoms with Gasteiger partial charge >= 0.3 is 0 Å².